The Bertz CT molecular complexity index is 917. The molecule has 0 unspecified atom stereocenters. The number of carbonyl (C=O) groups excluding carboxylic acids is 1. The van der Waals surface area contributed by atoms with Crippen LogP contribution in [0.3, 0.4) is 0 Å². The number of nitrogens with one attached hydrogen (secondary N) is 1. The number of aromatic amines is 1. The second-order valence-corrected chi connectivity index (χ2v) is 7.32. The zero-order chi connectivity index (χ0) is 19.6. The van der Waals surface area contributed by atoms with E-state index in [0.29, 0.717) is 18.7 Å². The molecule has 1 aromatic heterocycles. The van der Waals surface area contributed by atoms with Gasteiger partial charge in [0.25, 0.3) is 5.56 Å². The minimum absolute atomic E-state index is 0.0815. The second-order valence-electron chi connectivity index (χ2n) is 7.32. The van der Waals surface area contributed by atoms with E-state index in [2.05, 4.69) is 18.8 Å². The summed E-state index contributed by atoms with van der Waals surface area (Å²) in [5.74, 6) is 0.0864. The highest BCUT2D eigenvalue weighted by molar-refractivity contribution is 5.76. The Morgan fingerprint density at radius 2 is 1.93 bits per heavy atom. The maximum absolute atomic E-state index is 12.9. The van der Waals surface area contributed by atoms with Crippen molar-refractivity contribution in [2.75, 3.05) is 13.1 Å². The first-order chi connectivity index (χ1) is 12.8. The predicted octanol–water partition coefficient (Wildman–Crippen LogP) is 1.47. The van der Waals surface area contributed by atoms with Crippen LogP contribution in [-0.2, 0) is 16.1 Å². The molecule has 3 rings (SSSR count). The molecule has 1 amide bonds. The van der Waals surface area contributed by atoms with Crippen LogP contribution in [0.1, 0.15) is 31.1 Å². The molecule has 0 aliphatic carbocycles. The quantitative estimate of drug-likeness (QED) is 0.882. The maximum Gasteiger partial charge on any atom is 0.328 e. The Labute approximate surface area is 157 Å². The molecule has 0 saturated carbocycles. The topological polar surface area (TPSA) is 84.4 Å². The number of benzene rings is 1. The molecule has 7 heteroatoms. The number of ether oxygens (including phenoxy) is 1. The van der Waals surface area contributed by atoms with Gasteiger partial charge in [0.2, 0.25) is 5.91 Å². The van der Waals surface area contributed by atoms with Gasteiger partial charge in [-0.25, -0.2) is 4.79 Å². The highest BCUT2D eigenvalue weighted by Crippen LogP contribution is 2.28. The number of aromatic nitrogens is 2. The lowest BCUT2D eigenvalue weighted by molar-refractivity contribution is -0.150. The zero-order valence-electron chi connectivity index (χ0n) is 15.8. The number of hydrogen-bond donors (Lipinski definition) is 1. The molecule has 1 aromatic carbocycles. The SMILES string of the molecule is Cc1cn(CC(=O)N2C[C@@H](c3ccccc3)O[C@@H](C(C)C)C2)c(=O)[nH]c1=O. The Kier molecular flexibility index (Phi) is 5.60. The molecular formula is C20H25N3O4. The normalized spacial score (nSPS) is 20.1. The van der Waals surface area contributed by atoms with Crippen LogP contribution < -0.4 is 11.2 Å². The first-order valence-electron chi connectivity index (χ1n) is 9.13. The molecule has 2 atom stereocenters. The van der Waals surface area contributed by atoms with Crippen LogP contribution in [-0.4, -0.2) is 39.6 Å². The minimum Gasteiger partial charge on any atom is -0.366 e. The standard InChI is InChI=1S/C20H25N3O4/c1-13(2)16-10-22(11-17(27-16)15-7-5-4-6-8-15)18(24)12-23-9-14(3)19(25)21-20(23)26/h4-9,13,16-17H,10-12H2,1-3H3,(H,21,25,26)/t16-,17+/m1/s1. The summed E-state index contributed by atoms with van der Waals surface area (Å²) in [7, 11) is 0. The molecule has 1 N–H and O–H groups in total. The first kappa shape index (κ1) is 19.1. The van der Waals surface area contributed by atoms with Crippen LogP contribution in [0.2, 0.25) is 0 Å². The van der Waals surface area contributed by atoms with E-state index in [0.717, 1.165) is 5.56 Å². The van der Waals surface area contributed by atoms with Crippen molar-refractivity contribution in [2.45, 2.75) is 39.5 Å². The predicted molar refractivity (Wildman–Crippen MR) is 102 cm³/mol. The number of amides is 1. The lowest BCUT2D eigenvalue weighted by Gasteiger charge is -2.40. The van der Waals surface area contributed by atoms with E-state index >= 15 is 0 Å². The Morgan fingerprint density at radius 3 is 2.59 bits per heavy atom. The summed E-state index contributed by atoms with van der Waals surface area (Å²) in [6.45, 7) is 6.55. The van der Waals surface area contributed by atoms with Crippen molar-refractivity contribution in [1.82, 2.24) is 14.5 Å². The maximum atomic E-state index is 12.9. The largest absolute Gasteiger partial charge is 0.366 e. The van der Waals surface area contributed by atoms with E-state index in [-0.39, 0.29) is 30.6 Å². The van der Waals surface area contributed by atoms with Crippen LogP contribution in [0.4, 0.5) is 0 Å². The van der Waals surface area contributed by atoms with Crippen molar-refractivity contribution in [3.05, 3.63) is 68.5 Å². The summed E-state index contributed by atoms with van der Waals surface area (Å²) in [5.41, 5.74) is 0.413. The molecule has 144 valence electrons. The Balaban J connectivity index is 1.81. The molecule has 2 heterocycles. The van der Waals surface area contributed by atoms with Gasteiger partial charge in [0.05, 0.1) is 12.6 Å². The molecule has 27 heavy (non-hydrogen) atoms. The Morgan fingerprint density at radius 1 is 1.22 bits per heavy atom. The number of morpholine rings is 1. The molecule has 1 aliphatic heterocycles. The van der Waals surface area contributed by atoms with E-state index in [4.69, 9.17) is 4.74 Å². The van der Waals surface area contributed by atoms with E-state index in [1.165, 1.54) is 10.8 Å². The zero-order valence-corrected chi connectivity index (χ0v) is 15.8. The van der Waals surface area contributed by atoms with E-state index in [9.17, 15) is 14.4 Å². The first-order valence-corrected chi connectivity index (χ1v) is 9.13. The third-order valence-corrected chi connectivity index (χ3v) is 4.89. The van der Waals surface area contributed by atoms with Crippen molar-refractivity contribution >= 4 is 5.91 Å². The highest BCUT2D eigenvalue weighted by Gasteiger charge is 2.33. The van der Waals surface area contributed by atoms with Gasteiger partial charge in [0, 0.05) is 18.3 Å². The van der Waals surface area contributed by atoms with Gasteiger partial charge < -0.3 is 9.64 Å². The molecule has 0 radical (unpaired) electrons. The summed E-state index contributed by atoms with van der Waals surface area (Å²) in [6, 6.07) is 9.83. The molecule has 7 nitrogen and oxygen atoms in total. The van der Waals surface area contributed by atoms with Gasteiger partial charge in [-0.05, 0) is 18.4 Å². The van der Waals surface area contributed by atoms with Gasteiger partial charge in [-0.15, -0.1) is 0 Å². The van der Waals surface area contributed by atoms with Crippen LogP contribution in [0.25, 0.3) is 0 Å². The monoisotopic (exact) mass is 371 g/mol. The molecule has 1 fully saturated rings. The Hall–Kier alpha value is -2.67. The molecule has 0 spiro atoms. The third-order valence-electron chi connectivity index (χ3n) is 4.89. The minimum atomic E-state index is -0.577. The molecular weight excluding hydrogens is 346 g/mol. The number of nitrogens with zero attached hydrogens (tertiary/aromatic N) is 2. The fourth-order valence-electron chi connectivity index (χ4n) is 3.19. The van der Waals surface area contributed by atoms with Crippen molar-refractivity contribution in [2.24, 2.45) is 5.92 Å². The van der Waals surface area contributed by atoms with Crippen molar-refractivity contribution in [3.8, 4) is 0 Å². The fraction of sp³-hybridized carbons (Fsp3) is 0.450. The molecule has 1 saturated heterocycles. The van der Waals surface area contributed by atoms with E-state index in [1.54, 1.807) is 11.8 Å². The van der Waals surface area contributed by atoms with E-state index in [1.807, 2.05) is 30.3 Å². The number of H-pyrrole nitrogens is 1. The lowest BCUT2D eigenvalue weighted by atomic mass is 10.0. The summed E-state index contributed by atoms with van der Waals surface area (Å²) in [5, 5.41) is 0. The van der Waals surface area contributed by atoms with Gasteiger partial charge in [0.1, 0.15) is 12.6 Å². The van der Waals surface area contributed by atoms with Crippen molar-refractivity contribution in [3.63, 3.8) is 0 Å². The summed E-state index contributed by atoms with van der Waals surface area (Å²) in [6.07, 6.45) is 1.14. The highest BCUT2D eigenvalue weighted by atomic mass is 16.5. The second kappa shape index (κ2) is 7.92. The smallest absolute Gasteiger partial charge is 0.328 e. The number of carbonyl (C=O) groups is 1. The number of rotatable bonds is 4. The van der Waals surface area contributed by atoms with Crippen molar-refractivity contribution in [1.29, 1.82) is 0 Å². The average Bonchev–Trinajstić information content (AvgIpc) is 2.66. The summed E-state index contributed by atoms with van der Waals surface area (Å²) >= 11 is 0. The lowest BCUT2D eigenvalue weighted by Crippen LogP contribution is -2.50. The number of aryl methyl sites for hydroxylation is 1. The van der Waals surface area contributed by atoms with Gasteiger partial charge in [-0.2, -0.15) is 0 Å². The van der Waals surface area contributed by atoms with Crippen LogP contribution in [0.5, 0.6) is 0 Å². The summed E-state index contributed by atoms with van der Waals surface area (Å²) < 4.78 is 7.46. The van der Waals surface area contributed by atoms with E-state index < -0.39 is 11.2 Å². The van der Waals surface area contributed by atoms with Crippen molar-refractivity contribution < 1.29 is 9.53 Å². The van der Waals surface area contributed by atoms with Gasteiger partial charge in [0.15, 0.2) is 0 Å². The third kappa shape index (κ3) is 4.36. The summed E-state index contributed by atoms with van der Waals surface area (Å²) in [4.78, 5) is 40.4. The fourth-order valence-corrected chi connectivity index (χ4v) is 3.19. The van der Waals surface area contributed by atoms with Gasteiger partial charge in [-0.1, -0.05) is 44.2 Å². The molecule has 0 bridgehead atoms. The van der Waals surface area contributed by atoms with Gasteiger partial charge >= 0.3 is 5.69 Å². The van der Waals surface area contributed by atoms with Crippen LogP contribution in [0, 0.1) is 12.8 Å². The average molecular weight is 371 g/mol. The number of hydrogen-bond acceptors (Lipinski definition) is 4. The van der Waals surface area contributed by atoms with Crippen LogP contribution in [0.15, 0.2) is 46.1 Å². The molecule has 2 aromatic rings. The van der Waals surface area contributed by atoms with Crippen LogP contribution >= 0.6 is 0 Å². The molecule has 1 aliphatic rings. The van der Waals surface area contributed by atoms with Gasteiger partial charge in [-0.3, -0.25) is 19.1 Å².